The van der Waals surface area contributed by atoms with Crippen molar-refractivity contribution in [2.75, 3.05) is 0 Å². The number of hydrogen-bond acceptors (Lipinski definition) is 1. The molecule has 0 unspecified atom stereocenters. The molecule has 1 aromatic rings. The second-order valence-corrected chi connectivity index (χ2v) is 4.73. The molecule has 2 heteroatoms. The molecule has 0 radical (unpaired) electrons. The quantitative estimate of drug-likeness (QED) is 0.733. The molecular weight excluding hydrogens is 200 g/mol. The molecule has 1 aromatic carbocycles. The second-order valence-electron chi connectivity index (χ2n) is 4.73. The van der Waals surface area contributed by atoms with Crippen molar-refractivity contribution in [3.8, 4) is 11.8 Å². The predicted molar refractivity (Wildman–Crippen MR) is 64.3 cm³/mol. The summed E-state index contributed by atoms with van der Waals surface area (Å²) in [6, 6.07) is 8.13. The Hall–Kier alpha value is -1.75. The van der Waals surface area contributed by atoms with E-state index in [4.69, 9.17) is 5.11 Å². The van der Waals surface area contributed by atoms with Gasteiger partial charge in [0.15, 0.2) is 0 Å². The average Bonchev–Trinajstić information content (AvgIpc) is 2.16. The van der Waals surface area contributed by atoms with E-state index < -0.39 is 5.97 Å². The molecule has 0 aliphatic carbocycles. The maximum Gasteiger partial charge on any atom is 0.381 e. The van der Waals surface area contributed by atoms with Gasteiger partial charge in [-0.1, -0.05) is 51.0 Å². The van der Waals surface area contributed by atoms with Crippen LogP contribution in [0.4, 0.5) is 0 Å². The number of carboxylic acid groups (broad SMARTS) is 1. The van der Waals surface area contributed by atoms with E-state index in [-0.39, 0.29) is 5.41 Å². The summed E-state index contributed by atoms with van der Waals surface area (Å²) in [5.74, 6) is 3.64. The van der Waals surface area contributed by atoms with Crippen molar-refractivity contribution in [3.63, 3.8) is 0 Å². The summed E-state index contributed by atoms with van der Waals surface area (Å²) >= 11 is 0. The Kier molecular flexibility index (Phi) is 3.73. The highest BCUT2D eigenvalue weighted by atomic mass is 16.4. The molecule has 1 rings (SSSR count). The molecule has 16 heavy (non-hydrogen) atoms. The summed E-state index contributed by atoms with van der Waals surface area (Å²) in [7, 11) is 0. The predicted octanol–water partition coefficient (Wildman–Crippen LogP) is 2.61. The van der Waals surface area contributed by atoms with Crippen LogP contribution in [-0.4, -0.2) is 11.1 Å². The fourth-order valence-corrected chi connectivity index (χ4v) is 1.34. The molecule has 0 atom stereocenters. The molecule has 0 aliphatic heterocycles. The smallest absolute Gasteiger partial charge is 0.381 e. The van der Waals surface area contributed by atoms with E-state index in [0.29, 0.717) is 6.42 Å². The number of carbonyl (C=O) groups is 1. The molecule has 0 amide bonds. The SMILES string of the molecule is CC(C)(C)c1ccc(CC#CC(=O)O)cc1. The van der Waals surface area contributed by atoms with Gasteiger partial charge < -0.3 is 5.11 Å². The number of benzene rings is 1. The van der Waals surface area contributed by atoms with Crippen LogP contribution in [0.3, 0.4) is 0 Å². The minimum absolute atomic E-state index is 0.144. The lowest BCUT2D eigenvalue weighted by atomic mass is 9.86. The van der Waals surface area contributed by atoms with Crippen LogP contribution in [-0.2, 0) is 16.6 Å². The van der Waals surface area contributed by atoms with Crippen LogP contribution in [0.5, 0.6) is 0 Å². The second kappa shape index (κ2) is 4.85. The zero-order valence-corrected chi connectivity index (χ0v) is 9.87. The fraction of sp³-hybridized carbons (Fsp3) is 0.357. The van der Waals surface area contributed by atoms with Gasteiger partial charge in [0.2, 0.25) is 0 Å². The van der Waals surface area contributed by atoms with Gasteiger partial charge in [0.05, 0.1) is 0 Å². The summed E-state index contributed by atoms with van der Waals surface area (Å²) < 4.78 is 0. The minimum atomic E-state index is -1.08. The van der Waals surface area contributed by atoms with E-state index in [9.17, 15) is 4.79 Å². The van der Waals surface area contributed by atoms with Crippen molar-refractivity contribution in [1.82, 2.24) is 0 Å². The largest absolute Gasteiger partial charge is 0.472 e. The van der Waals surface area contributed by atoms with E-state index in [0.717, 1.165) is 5.56 Å². The number of carboxylic acids is 1. The first-order valence-corrected chi connectivity index (χ1v) is 5.21. The number of rotatable bonds is 1. The Labute approximate surface area is 96.3 Å². The Morgan fingerprint density at radius 1 is 1.25 bits per heavy atom. The van der Waals surface area contributed by atoms with Crippen LogP contribution in [0.25, 0.3) is 0 Å². The van der Waals surface area contributed by atoms with Crippen LogP contribution < -0.4 is 0 Å². The molecule has 0 saturated heterocycles. The van der Waals surface area contributed by atoms with Gasteiger partial charge in [-0.05, 0) is 16.5 Å². The summed E-state index contributed by atoms with van der Waals surface area (Å²) in [6.45, 7) is 6.48. The van der Waals surface area contributed by atoms with Crippen molar-refractivity contribution in [2.24, 2.45) is 0 Å². The summed E-state index contributed by atoms with van der Waals surface area (Å²) in [4.78, 5) is 10.2. The molecule has 84 valence electrons. The fourth-order valence-electron chi connectivity index (χ4n) is 1.34. The van der Waals surface area contributed by atoms with E-state index in [1.54, 1.807) is 0 Å². The lowest BCUT2D eigenvalue weighted by molar-refractivity contribution is -0.130. The third-order valence-corrected chi connectivity index (χ3v) is 2.31. The lowest BCUT2D eigenvalue weighted by Gasteiger charge is -2.18. The Bertz CT molecular complexity index is 425. The highest BCUT2D eigenvalue weighted by Gasteiger charge is 2.12. The Morgan fingerprint density at radius 3 is 2.25 bits per heavy atom. The highest BCUT2D eigenvalue weighted by Crippen LogP contribution is 2.22. The molecule has 2 nitrogen and oxygen atoms in total. The first-order chi connectivity index (χ1) is 7.39. The minimum Gasteiger partial charge on any atom is -0.472 e. The van der Waals surface area contributed by atoms with Crippen molar-refractivity contribution in [2.45, 2.75) is 32.6 Å². The maximum absolute atomic E-state index is 10.2. The average molecular weight is 216 g/mol. The van der Waals surface area contributed by atoms with Crippen LogP contribution in [0, 0.1) is 11.8 Å². The van der Waals surface area contributed by atoms with Crippen LogP contribution >= 0.6 is 0 Å². The van der Waals surface area contributed by atoms with Crippen molar-refractivity contribution >= 4 is 5.97 Å². The van der Waals surface area contributed by atoms with Crippen molar-refractivity contribution in [1.29, 1.82) is 0 Å². The normalized spacial score (nSPS) is 10.4. The third kappa shape index (κ3) is 3.78. The molecule has 0 bridgehead atoms. The van der Waals surface area contributed by atoms with Gasteiger partial charge in [-0.15, -0.1) is 0 Å². The topological polar surface area (TPSA) is 37.3 Å². The standard InChI is InChI=1S/C14H16O2/c1-14(2,3)12-9-7-11(8-10-12)5-4-6-13(15)16/h7-10H,5H2,1-3H3,(H,15,16). The molecule has 0 heterocycles. The summed E-state index contributed by atoms with van der Waals surface area (Å²) in [5.41, 5.74) is 2.45. The summed E-state index contributed by atoms with van der Waals surface area (Å²) in [5, 5.41) is 8.37. The van der Waals surface area contributed by atoms with Gasteiger partial charge in [-0.2, -0.15) is 0 Å². The summed E-state index contributed by atoms with van der Waals surface area (Å²) in [6.07, 6.45) is 0.483. The molecule has 0 saturated carbocycles. The van der Waals surface area contributed by atoms with Gasteiger partial charge in [0.25, 0.3) is 0 Å². The van der Waals surface area contributed by atoms with Crippen LogP contribution in [0.15, 0.2) is 24.3 Å². The molecule has 0 spiro atoms. The van der Waals surface area contributed by atoms with E-state index in [2.05, 4.69) is 44.7 Å². The van der Waals surface area contributed by atoms with E-state index in [1.165, 1.54) is 5.56 Å². The zero-order valence-electron chi connectivity index (χ0n) is 9.87. The van der Waals surface area contributed by atoms with Crippen molar-refractivity contribution < 1.29 is 9.90 Å². The molecular formula is C14H16O2. The lowest BCUT2D eigenvalue weighted by Crippen LogP contribution is -2.10. The van der Waals surface area contributed by atoms with Gasteiger partial charge in [-0.25, -0.2) is 4.79 Å². The number of hydrogen-bond donors (Lipinski definition) is 1. The zero-order chi connectivity index (χ0) is 12.2. The molecule has 0 aliphatic rings. The van der Waals surface area contributed by atoms with E-state index >= 15 is 0 Å². The maximum atomic E-state index is 10.2. The Balaban J connectivity index is 2.74. The van der Waals surface area contributed by atoms with E-state index in [1.807, 2.05) is 12.1 Å². The van der Waals surface area contributed by atoms with Crippen LogP contribution in [0.2, 0.25) is 0 Å². The monoisotopic (exact) mass is 216 g/mol. The first kappa shape index (κ1) is 12.3. The first-order valence-electron chi connectivity index (χ1n) is 5.21. The molecule has 0 fully saturated rings. The van der Waals surface area contributed by atoms with Gasteiger partial charge >= 0.3 is 5.97 Å². The van der Waals surface area contributed by atoms with Gasteiger partial charge in [0.1, 0.15) is 0 Å². The van der Waals surface area contributed by atoms with Crippen LogP contribution in [0.1, 0.15) is 31.9 Å². The van der Waals surface area contributed by atoms with Gasteiger partial charge in [-0.3, -0.25) is 0 Å². The highest BCUT2D eigenvalue weighted by molar-refractivity contribution is 5.86. The molecule has 1 N–H and O–H groups in total. The number of aliphatic carboxylic acids is 1. The third-order valence-electron chi connectivity index (χ3n) is 2.31. The van der Waals surface area contributed by atoms with Gasteiger partial charge in [0, 0.05) is 12.3 Å². The molecule has 0 aromatic heterocycles. The van der Waals surface area contributed by atoms with Crippen molar-refractivity contribution in [3.05, 3.63) is 35.4 Å². The Morgan fingerprint density at radius 2 is 1.81 bits per heavy atom.